The Hall–Kier alpha value is -2.02. The summed E-state index contributed by atoms with van der Waals surface area (Å²) in [4.78, 5) is 22.7. The van der Waals surface area contributed by atoms with Crippen LogP contribution in [0.2, 0.25) is 0 Å². The Morgan fingerprint density at radius 1 is 1.33 bits per heavy atom. The van der Waals surface area contributed by atoms with Crippen molar-refractivity contribution in [3.05, 3.63) is 29.8 Å². The molecule has 0 bridgehead atoms. The van der Waals surface area contributed by atoms with Crippen LogP contribution < -0.4 is 10.6 Å². The lowest BCUT2D eigenvalue weighted by Crippen LogP contribution is -2.45. The van der Waals surface area contributed by atoms with Gasteiger partial charge in [0.1, 0.15) is 17.7 Å². The van der Waals surface area contributed by atoms with Crippen molar-refractivity contribution >= 4 is 17.6 Å². The van der Waals surface area contributed by atoms with Crippen LogP contribution in [0.5, 0.6) is 0 Å². The zero-order valence-corrected chi connectivity index (χ0v) is 11.8. The lowest BCUT2D eigenvalue weighted by molar-refractivity contribution is -0.140. The highest BCUT2D eigenvalue weighted by molar-refractivity contribution is 5.92. The van der Waals surface area contributed by atoms with E-state index in [2.05, 4.69) is 10.6 Å². The van der Waals surface area contributed by atoms with Gasteiger partial charge in [-0.25, -0.2) is 8.78 Å². The molecule has 7 heteroatoms. The molecular weight excluding hydrogens is 282 g/mol. The average molecular weight is 300 g/mol. The number of nitrogens with one attached hydrogen (secondary N) is 2. The molecule has 1 amide bonds. The van der Waals surface area contributed by atoms with Gasteiger partial charge in [0.15, 0.2) is 0 Å². The van der Waals surface area contributed by atoms with Gasteiger partial charge in [0.25, 0.3) is 0 Å². The molecule has 0 aliphatic heterocycles. The maximum atomic E-state index is 13.3. The van der Waals surface area contributed by atoms with Crippen LogP contribution in [0.4, 0.5) is 14.5 Å². The fraction of sp³-hybridized carbons (Fsp3) is 0.429. The van der Waals surface area contributed by atoms with E-state index in [1.165, 1.54) is 0 Å². The second-order valence-electron chi connectivity index (χ2n) is 4.75. The molecule has 1 aromatic rings. The fourth-order valence-electron chi connectivity index (χ4n) is 1.76. The summed E-state index contributed by atoms with van der Waals surface area (Å²) in [6.07, 6.45) is 0.629. The fourth-order valence-corrected chi connectivity index (χ4v) is 1.76. The Morgan fingerprint density at radius 3 is 2.57 bits per heavy atom. The summed E-state index contributed by atoms with van der Waals surface area (Å²) < 4.78 is 26.3. The number of carbonyl (C=O) groups excluding carboxylic acids is 1. The molecule has 0 fully saturated rings. The van der Waals surface area contributed by atoms with Crippen molar-refractivity contribution in [3.8, 4) is 0 Å². The normalized spacial score (nSPS) is 13.5. The van der Waals surface area contributed by atoms with Crippen LogP contribution in [-0.4, -0.2) is 29.6 Å². The minimum Gasteiger partial charge on any atom is -0.480 e. The summed E-state index contributed by atoms with van der Waals surface area (Å²) in [6.45, 7) is 3.28. The minimum absolute atomic E-state index is 0.166. The molecule has 1 aromatic carbocycles. The Kier molecular flexibility index (Phi) is 6.23. The Bertz CT molecular complexity index is 523. The van der Waals surface area contributed by atoms with E-state index >= 15 is 0 Å². The zero-order valence-electron chi connectivity index (χ0n) is 11.8. The van der Waals surface area contributed by atoms with Gasteiger partial charge in [-0.05, 0) is 18.1 Å². The molecule has 0 aliphatic carbocycles. The van der Waals surface area contributed by atoms with Gasteiger partial charge in [0.2, 0.25) is 5.91 Å². The number of amides is 1. The first-order valence-corrected chi connectivity index (χ1v) is 6.56. The number of halogens is 2. The summed E-state index contributed by atoms with van der Waals surface area (Å²) in [7, 11) is 0. The first-order valence-electron chi connectivity index (χ1n) is 6.56. The van der Waals surface area contributed by atoms with Crippen molar-refractivity contribution < 1.29 is 23.5 Å². The van der Waals surface area contributed by atoms with Crippen molar-refractivity contribution in [3.63, 3.8) is 0 Å². The molecule has 0 aromatic heterocycles. The molecule has 0 aliphatic rings. The molecule has 0 saturated heterocycles. The van der Waals surface area contributed by atoms with Crippen LogP contribution in [0, 0.1) is 17.6 Å². The van der Waals surface area contributed by atoms with Crippen LogP contribution >= 0.6 is 0 Å². The first kappa shape index (κ1) is 17.0. The van der Waals surface area contributed by atoms with E-state index in [9.17, 15) is 18.4 Å². The van der Waals surface area contributed by atoms with E-state index < -0.39 is 29.6 Å². The van der Waals surface area contributed by atoms with Crippen molar-refractivity contribution in [2.24, 2.45) is 5.92 Å². The van der Waals surface area contributed by atoms with E-state index in [4.69, 9.17) is 5.11 Å². The van der Waals surface area contributed by atoms with Gasteiger partial charge in [-0.15, -0.1) is 0 Å². The maximum Gasteiger partial charge on any atom is 0.320 e. The van der Waals surface area contributed by atoms with E-state index in [0.29, 0.717) is 6.42 Å². The minimum atomic E-state index is -1.06. The number of aliphatic carboxylic acids is 1. The number of benzene rings is 1. The second-order valence-corrected chi connectivity index (χ2v) is 4.75. The van der Waals surface area contributed by atoms with Crippen molar-refractivity contribution in [1.82, 2.24) is 5.32 Å². The number of carboxylic acid groups (broad SMARTS) is 1. The Labute approximate surface area is 121 Å². The smallest absolute Gasteiger partial charge is 0.320 e. The lowest BCUT2D eigenvalue weighted by atomic mass is 9.99. The molecular formula is C14H18F2N2O3. The quantitative estimate of drug-likeness (QED) is 0.719. The van der Waals surface area contributed by atoms with Crippen LogP contribution in [0.15, 0.2) is 18.2 Å². The van der Waals surface area contributed by atoms with Gasteiger partial charge in [0, 0.05) is 6.07 Å². The van der Waals surface area contributed by atoms with Gasteiger partial charge in [-0.1, -0.05) is 20.3 Å². The highest BCUT2D eigenvalue weighted by Gasteiger charge is 2.23. The zero-order chi connectivity index (χ0) is 16.0. The Balaban J connectivity index is 2.61. The summed E-state index contributed by atoms with van der Waals surface area (Å²) >= 11 is 0. The Morgan fingerprint density at radius 2 is 2.00 bits per heavy atom. The molecule has 0 spiro atoms. The first-order chi connectivity index (χ1) is 9.85. The van der Waals surface area contributed by atoms with Gasteiger partial charge in [0.05, 0.1) is 12.2 Å². The highest BCUT2D eigenvalue weighted by atomic mass is 19.1. The van der Waals surface area contributed by atoms with Crippen LogP contribution in [0.25, 0.3) is 0 Å². The largest absolute Gasteiger partial charge is 0.480 e. The number of rotatable bonds is 7. The van der Waals surface area contributed by atoms with E-state index in [1.807, 2.05) is 6.92 Å². The molecule has 21 heavy (non-hydrogen) atoms. The van der Waals surface area contributed by atoms with Crippen molar-refractivity contribution in [2.75, 3.05) is 11.9 Å². The molecule has 0 radical (unpaired) electrons. The van der Waals surface area contributed by atoms with Gasteiger partial charge >= 0.3 is 5.97 Å². The molecule has 0 unspecified atom stereocenters. The van der Waals surface area contributed by atoms with E-state index in [0.717, 1.165) is 18.2 Å². The number of hydrogen-bond donors (Lipinski definition) is 3. The summed E-state index contributed by atoms with van der Waals surface area (Å²) in [5.74, 6) is -3.31. The number of carbonyl (C=O) groups is 2. The number of hydrogen-bond acceptors (Lipinski definition) is 3. The van der Waals surface area contributed by atoms with Crippen LogP contribution in [0.3, 0.4) is 0 Å². The average Bonchev–Trinajstić information content (AvgIpc) is 2.42. The van der Waals surface area contributed by atoms with Gasteiger partial charge in [-0.3, -0.25) is 14.9 Å². The summed E-state index contributed by atoms with van der Waals surface area (Å²) in [5.41, 5.74) is -0.280. The number of carboxylic acids is 1. The molecule has 0 heterocycles. The summed E-state index contributed by atoms with van der Waals surface area (Å²) in [6, 6.07) is 1.82. The van der Waals surface area contributed by atoms with E-state index in [-0.39, 0.29) is 18.2 Å². The molecule has 1 rings (SSSR count). The third-order valence-corrected chi connectivity index (χ3v) is 3.16. The predicted octanol–water partition coefficient (Wildman–Crippen LogP) is 1.99. The topological polar surface area (TPSA) is 78.4 Å². The van der Waals surface area contributed by atoms with E-state index in [1.54, 1.807) is 6.92 Å². The maximum absolute atomic E-state index is 13.3. The van der Waals surface area contributed by atoms with Gasteiger partial charge < -0.3 is 10.4 Å². The molecule has 5 nitrogen and oxygen atoms in total. The standard InChI is InChI=1S/C14H18F2N2O3/c1-3-8(2)13(14(20)21)17-7-12(19)18-11-6-9(15)4-5-10(11)16/h4-6,8,13,17H,3,7H2,1-2H3,(H,18,19)(H,20,21)/t8-,13-/m0/s1. The molecule has 116 valence electrons. The monoisotopic (exact) mass is 300 g/mol. The highest BCUT2D eigenvalue weighted by Crippen LogP contribution is 2.15. The predicted molar refractivity (Wildman–Crippen MR) is 73.9 cm³/mol. The van der Waals surface area contributed by atoms with Gasteiger partial charge in [-0.2, -0.15) is 0 Å². The molecule has 3 N–H and O–H groups in total. The van der Waals surface area contributed by atoms with Crippen molar-refractivity contribution in [2.45, 2.75) is 26.3 Å². The SMILES string of the molecule is CC[C@H](C)[C@H](NCC(=O)Nc1cc(F)ccc1F)C(=O)O. The van der Waals surface area contributed by atoms with Crippen LogP contribution in [-0.2, 0) is 9.59 Å². The summed E-state index contributed by atoms with van der Waals surface area (Å²) in [5, 5.41) is 13.8. The molecule has 0 saturated carbocycles. The molecule has 2 atom stereocenters. The lowest BCUT2D eigenvalue weighted by Gasteiger charge is -2.19. The van der Waals surface area contributed by atoms with Crippen molar-refractivity contribution in [1.29, 1.82) is 0 Å². The number of anilines is 1. The third-order valence-electron chi connectivity index (χ3n) is 3.16. The second kappa shape index (κ2) is 7.68. The third kappa shape index (κ3) is 5.11. The van der Waals surface area contributed by atoms with Crippen LogP contribution in [0.1, 0.15) is 20.3 Å².